The Balaban J connectivity index is 1.72. The van der Waals surface area contributed by atoms with Gasteiger partial charge in [-0.05, 0) is 19.4 Å². The van der Waals surface area contributed by atoms with Crippen molar-refractivity contribution in [2.75, 3.05) is 0 Å². The highest BCUT2D eigenvalue weighted by Crippen LogP contribution is 2.32. The topological polar surface area (TPSA) is 67.6 Å². The number of benzene rings is 1. The average Bonchev–Trinajstić information content (AvgIpc) is 3.07. The van der Waals surface area contributed by atoms with Crippen LogP contribution >= 0.6 is 11.8 Å². The zero-order valence-corrected chi connectivity index (χ0v) is 13.6. The molecule has 0 aliphatic rings. The van der Waals surface area contributed by atoms with Gasteiger partial charge in [-0.15, -0.1) is 10.2 Å². The number of nitrogens with one attached hydrogen (secondary N) is 1. The van der Waals surface area contributed by atoms with Gasteiger partial charge in [0.1, 0.15) is 0 Å². The van der Waals surface area contributed by atoms with Crippen LogP contribution in [0.2, 0.25) is 0 Å². The molecule has 5 nitrogen and oxygen atoms in total. The number of hydrogen-bond donors (Lipinski definition) is 1. The minimum atomic E-state index is 0.0660. The first-order valence-electron chi connectivity index (χ1n) is 7.18. The molecule has 1 N–H and O–H groups in total. The molecule has 3 aromatic rings. The zero-order chi connectivity index (χ0) is 15.5. The van der Waals surface area contributed by atoms with E-state index >= 15 is 0 Å². The first-order valence-corrected chi connectivity index (χ1v) is 8.06. The Bertz CT molecular complexity index is 751. The van der Waals surface area contributed by atoms with Gasteiger partial charge in [-0.1, -0.05) is 42.1 Å². The molecule has 3 rings (SSSR count). The summed E-state index contributed by atoms with van der Waals surface area (Å²) >= 11 is 1.59. The number of thioether (sulfide) groups is 1. The van der Waals surface area contributed by atoms with Crippen LogP contribution in [-0.4, -0.2) is 20.2 Å². The normalized spacial score (nSPS) is 12.5. The van der Waals surface area contributed by atoms with Crippen molar-refractivity contribution in [1.29, 1.82) is 0 Å². The third kappa shape index (κ3) is 3.39. The Morgan fingerprint density at radius 2 is 1.95 bits per heavy atom. The monoisotopic (exact) mass is 314 g/mol. The van der Waals surface area contributed by atoms with Crippen LogP contribution in [0.3, 0.4) is 0 Å². The zero-order valence-electron chi connectivity index (χ0n) is 12.8. The lowest BCUT2D eigenvalue weighted by molar-refractivity contribution is 0.470. The highest BCUT2D eigenvalue weighted by atomic mass is 32.2. The van der Waals surface area contributed by atoms with E-state index in [0.29, 0.717) is 11.8 Å². The molecule has 0 aliphatic heterocycles. The summed E-state index contributed by atoms with van der Waals surface area (Å²) in [6, 6.07) is 10.4. The fourth-order valence-electron chi connectivity index (χ4n) is 2.18. The Hall–Kier alpha value is -2.08. The van der Waals surface area contributed by atoms with Gasteiger partial charge in [0, 0.05) is 19.0 Å². The largest absolute Gasteiger partial charge is 0.424 e. The number of hydrogen-bond acceptors (Lipinski definition) is 5. The highest BCUT2D eigenvalue weighted by Gasteiger charge is 2.17. The number of aromatic nitrogens is 4. The predicted molar refractivity (Wildman–Crippen MR) is 85.9 cm³/mol. The van der Waals surface area contributed by atoms with Crippen molar-refractivity contribution in [2.24, 2.45) is 0 Å². The van der Waals surface area contributed by atoms with Crippen LogP contribution in [-0.2, 0) is 6.42 Å². The molecule has 0 saturated carbocycles. The maximum Gasteiger partial charge on any atom is 0.229 e. The number of imidazole rings is 1. The summed E-state index contributed by atoms with van der Waals surface area (Å²) in [5.41, 5.74) is 3.43. The van der Waals surface area contributed by atoms with Gasteiger partial charge < -0.3 is 9.40 Å². The van der Waals surface area contributed by atoms with Crippen LogP contribution in [0, 0.1) is 13.8 Å². The summed E-state index contributed by atoms with van der Waals surface area (Å²) in [7, 11) is 0. The second-order valence-electron chi connectivity index (χ2n) is 5.20. The minimum Gasteiger partial charge on any atom is -0.424 e. The molecule has 0 radical (unpaired) electrons. The van der Waals surface area contributed by atoms with Crippen LogP contribution in [0.4, 0.5) is 0 Å². The van der Waals surface area contributed by atoms with Gasteiger partial charge in [-0.2, -0.15) is 0 Å². The van der Waals surface area contributed by atoms with E-state index in [1.165, 1.54) is 5.56 Å². The van der Waals surface area contributed by atoms with Crippen LogP contribution in [0.5, 0.6) is 0 Å². The van der Waals surface area contributed by atoms with Gasteiger partial charge in [0.2, 0.25) is 11.8 Å². The van der Waals surface area contributed by atoms with E-state index < -0.39 is 0 Å². The quantitative estimate of drug-likeness (QED) is 0.724. The number of aryl methyl sites for hydroxylation is 2. The molecule has 0 amide bonds. The Labute approximate surface area is 133 Å². The molecule has 6 heteroatoms. The van der Waals surface area contributed by atoms with Crippen LogP contribution in [0.1, 0.15) is 40.9 Å². The number of H-pyrrole nitrogens is 1. The van der Waals surface area contributed by atoms with Crippen molar-refractivity contribution in [3.8, 4) is 0 Å². The standard InChI is InChI=1S/C16H18N4OS/c1-10-14(9-13-7-5-4-6-8-13)18-16(17-10)22-11(2)15-20-19-12(3)21-15/h4-8,11H,9H2,1-3H3,(H,17,18). The fraction of sp³-hybridized carbons (Fsp3) is 0.312. The summed E-state index contributed by atoms with van der Waals surface area (Å²) in [6.45, 7) is 5.88. The molecule has 0 bridgehead atoms. The molecule has 22 heavy (non-hydrogen) atoms. The van der Waals surface area contributed by atoms with E-state index in [-0.39, 0.29) is 5.25 Å². The third-order valence-electron chi connectivity index (χ3n) is 3.36. The summed E-state index contributed by atoms with van der Waals surface area (Å²) in [5.74, 6) is 1.21. The Morgan fingerprint density at radius 1 is 1.18 bits per heavy atom. The van der Waals surface area contributed by atoms with Crippen LogP contribution in [0.25, 0.3) is 0 Å². The van der Waals surface area contributed by atoms with Crippen molar-refractivity contribution in [1.82, 2.24) is 20.2 Å². The van der Waals surface area contributed by atoms with Gasteiger partial charge in [0.25, 0.3) is 0 Å². The average molecular weight is 314 g/mol. The minimum absolute atomic E-state index is 0.0660. The number of rotatable bonds is 5. The predicted octanol–water partition coefficient (Wildman–Crippen LogP) is 3.85. The molecule has 1 atom stereocenters. The maximum atomic E-state index is 5.47. The molecule has 1 unspecified atom stereocenters. The summed E-state index contributed by atoms with van der Waals surface area (Å²) < 4.78 is 5.47. The lowest BCUT2D eigenvalue weighted by Gasteiger charge is -2.02. The molecule has 0 spiro atoms. The first-order chi connectivity index (χ1) is 10.6. The SMILES string of the molecule is Cc1nnc(C(C)Sc2nc(Cc3ccccc3)c(C)[nH]2)o1. The summed E-state index contributed by atoms with van der Waals surface area (Å²) in [4.78, 5) is 8.03. The molecular formula is C16H18N4OS. The van der Waals surface area contributed by atoms with Gasteiger partial charge in [0.05, 0.1) is 10.9 Å². The lowest BCUT2D eigenvalue weighted by Crippen LogP contribution is -1.91. The fourth-order valence-corrected chi connectivity index (χ4v) is 3.08. The van der Waals surface area contributed by atoms with Crippen molar-refractivity contribution in [3.05, 3.63) is 59.1 Å². The van der Waals surface area contributed by atoms with E-state index in [0.717, 1.165) is 23.0 Å². The van der Waals surface area contributed by atoms with Gasteiger partial charge in [-0.25, -0.2) is 4.98 Å². The second kappa shape index (κ2) is 6.36. The van der Waals surface area contributed by atoms with Crippen molar-refractivity contribution in [2.45, 2.75) is 37.6 Å². The van der Waals surface area contributed by atoms with Crippen molar-refractivity contribution in [3.63, 3.8) is 0 Å². The van der Waals surface area contributed by atoms with E-state index in [4.69, 9.17) is 9.40 Å². The van der Waals surface area contributed by atoms with Crippen molar-refractivity contribution < 1.29 is 4.42 Å². The number of aromatic amines is 1. The molecule has 1 aromatic carbocycles. The number of nitrogens with zero attached hydrogens (tertiary/aromatic N) is 3. The molecule has 2 aromatic heterocycles. The molecule has 2 heterocycles. The van der Waals surface area contributed by atoms with Crippen LogP contribution < -0.4 is 0 Å². The Morgan fingerprint density at radius 3 is 2.64 bits per heavy atom. The molecule has 0 saturated heterocycles. The first kappa shape index (κ1) is 14.8. The maximum absolute atomic E-state index is 5.47. The lowest BCUT2D eigenvalue weighted by atomic mass is 10.1. The van der Waals surface area contributed by atoms with Gasteiger partial charge in [0.15, 0.2) is 5.16 Å². The van der Waals surface area contributed by atoms with Gasteiger partial charge in [-0.3, -0.25) is 0 Å². The smallest absolute Gasteiger partial charge is 0.229 e. The van der Waals surface area contributed by atoms with E-state index in [9.17, 15) is 0 Å². The van der Waals surface area contributed by atoms with Gasteiger partial charge >= 0.3 is 0 Å². The highest BCUT2D eigenvalue weighted by molar-refractivity contribution is 7.99. The van der Waals surface area contributed by atoms with E-state index in [1.807, 2.05) is 25.1 Å². The molecule has 114 valence electrons. The second-order valence-corrected chi connectivity index (χ2v) is 6.52. The molecule has 0 fully saturated rings. The molecule has 0 aliphatic carbocycles. The Kier molecular flexibility index (Phi) is 4.29. The molecular weight excluding hydrogens is 296 g/mol. The van der Waals surface area contributed by atoms with Crippen LogP contribution in [0.15, 0.2) is 39.9 Å². The van der Waals surface area contributed by atoms with E-state index in [2.05, 4.69) is 34.2 Å². The van der Waals surface area contributed by atoms with Crippen molar-refractivity contribution >= 4 is 11.8 Å². The summed E-state index contributed by atoms with van der Waals surface area (Å²) in [6.07, 6.45) is 0.831. The van der Waals surface area contributed by atoms with E-state index in [1.54, 1.807) is 18.7 Å². The third-order valence-corrected chi connectivity index (χ3v) is 4.33. The summed E-state index contributed by atoms with van der Waals surface area (Å²) in [5, 5.41) is 8.87.